The quantitative estimate of drug-likeness (QED) is 0.804. The summed E-state index contributed by atoms with van der Waals surface area (Å²) in [5.74, 6) is 1.24. The first-order valence-electron chi connectivity index (χ1n) is 6.39. The zero-order valence-electron chi connectivity index (χ0n) is 10.7. The lowest BCUT2D eigenvalue weighted by atomic mass is 9.94. The Morgan fingerprint density at radius 2 is 2.00 bits per heavy atom. The van der Waals surface area contributed by atoms with E-state index in [-0.39, 0.29) is 5.02 Å². The van der Waals surface area contributed by atoms with Gasteiger partial charge in [-0.1, -0.05) is 24.9 Å². The molecule has 0 spiro atoms. The van der Waals surface area contributed by atoms with E-state index < -0.39 is 11.7 Å². The van der Waals surface area contributed by atoms with Crippen molar-refractivity contribution >= 4 is 17.4 Å². The molecule has 0 bridgehead atoms. The third-order valence-electron chi connectivity index (χ3n) is 3.66. The van der Waals surface area contributed by atoms with Gasteiger partial charge in [0, 0.05) is 19.3 Å². The van der Waals surface area contributed by atoms with E-state index in [2.05, 4.69) is 11.9 Å². The highest BCUT2D eigenvalue weighted by Gasteiger charge is 2.34. The average molecular weight is 293 g/mol. The van der Waals surface area contributed by atoms with Gasteiger partial charge in [-0.3, -0.25) is 0 Å². The Morgan fingerprint density at radius 1 is 1.37 bits per heavy atom. The van der Waals surface area contributed by atoms with Crippen molar-refractivity contribution in [1.29, 1.82) is 0 Å². The Labute approximate surface area is 115 Å². The number of hydrogen-bond donors (Lipinski definition) is 0. The molecule has 0 aromatic carbocycles. The SMILES string of the molecule is CCC1CCN(c2cc(Cl)c(C(F)(F)F)cn2)CC1. The van der Waals surface area contributed by atoms with E-state index in [4.69, 9.17) is 11.6 Å². The number of aromatic nitrogens is 1. The lowest BCUT2D eigenvalue weighted by molar-refractivity contribution is -0.137. The second-order valence-corrected chi connectivity index (χ2v) is 5.27. The summed E-state index contributed by atoms with van der Waals surface area (Å²) in [5.41, 5.74) is -0.874. The molecule has 1 aromatic rings. The van der Waals surface area contributed by atoms with Crippen LogP contribution in [0.3, 0.4) is 0 Å². The van der Waals surface area contributed by atoms with Crippen molar-refractivity contribution in [3.05, 3.63) is 22.8 Å². The van der Waals surface area contributed by atoms with Crippen molar-refractivity contribution in [2.45, 2.75) is 32.4 Å². The number of rotatable bonds is 2. The van der Waals surface area contributed by atoms with Crippen LogP contribution in [0.5, 0.6) is 0 Å². The lowest BCUT2D eigenvalue weighted by Gasteiger charge is -2.32. The van der Waals surface area contributed by atoms with Gasteiger partial charge in [0.15, 0.2) is 0 Å². The molecule has 2 nitrogen and oxygen atoms in total. The van der Waals surface area contributed by atoms with Crippen molar-refractivity contribution in [1.82, 2.24) is 4.98 Å². The number of nitrogens with zero attached hydrogens (tertiary/aromatic N) is 2. The van der Waals surface area contributed by atoms with Crippen LogP contribution in [0.25, 0.3) is 0 Å². The lowest BCUT2D eigenvalue weighted by Crippen LogP contribution is -2.34. The second kappa shape index (κ2) is 5.57. The monoisotopic (exact) mass is 292 g/mol. The first-order valence-corrected chi connectivity index (χ1v) is 6.77. The molecule has 2 rings (SSSR count). The molecule has 106 valence electrons. The van der Waals surface area contributed by atoms with E-state index in [0.717, 1.165) is 38.5 Å². The minimum absolute atomic E-state index is 0.282. The maximum atomic E-state index is 12.6. The van der Waals surface area contributed by atoms with Gasteiger partial charge in [0.25, 0.3) is 0 Å². The van der Waals surface area contributed by atoms with Crippen molar-refractivity contribution in [2.24, 2.45) is 5.92 Å². The highest BCUT2D eigenvalue weighted by molar-refractivity contribution is 6.31. The molecule has 6 heteroatoms. The van der Waals surface area contributed by atoms with Crippen molar-refractivity contribution in [3.63, 3.8) is 0 Å². The van der Waals surface area contributed by atoms with Crippen LogP contribution >= 0.6 is 11.6 Å². The van der Waals surface area contributed by atoms with Gasteiger partial charge in [0.1, 0.15) is 5.82 Å². The van der Waals surface area contributed by atoms with Crippen LogP contribution in [0.1, 0.15) is 31.7 Å². The van der Waals surface area contributed by atoms with Crippen LogP contribution in [0.2, 0.25) is 5.02 Å². The average Bonchev–Trinajstić information content (AvgIpc) is 2.37. The van der Waals surface area contributed by atoms with Gasteiger partial charge in [-0.2, -0.15) is 13.2 Å². The minimum atomic E-state index is -4.45. The number of anilines is 1. The molecule has 2 heterocycles. The standard InChI is InChI=1S/C13H16ClF3N2/c1-2-9-3-5-19(6-4-9)12-7-11(14)10(8-18-12)13(15,16)17/h7-9H,2-6H2,1H3. The number of hydrogen-bond acceptors (Lipinski definition) is 2. The van der Waals surface area contributed by atoms with Gasteiger partial charge >= 0.3 is 6.18 Å². The normalized spacial score (nSPS) is 17.8. The van der Waals surface area contributed by atoms with Crippen LogP contribution < -0.4 is 4.90 Å². The zero-order valence-corrected chi connectivity index (χ0v) is 11.4. The topological polar surface area (TPSA) is 16.1 Å². The molecule has 0 saturated carbocycles. The first kappa shape index (κ1) is 14.4. The van der Waals surface area contributed by atoms with Gasteiger partial charge in [-0.05, 0) is 24.8 Å². The Kier molecular flexibility index (Phi) is 4.23. The fourth-order valence-corrected chi connectivity index (χ4v) is 2.63. The molecule has 1 aliphatic rings. The summed E-state index contributed by atoms with van der Waals surface area (Å²) < 4.78 is 37.7. The van der Waals surface area contributed by atoms with E-state index in [1.54, 1.807) is 0 Å². The molecule has 0 radical (unpaired) electrons. The zero-order chi connectivity index (χ0) is 14.0. The molecule has 1 fully saturated rings. The van der Waals surface area contributed by atoms with Crippen LogP contribution in [0, 0.1) is 5.92 Å². The molecule has 19 heavy (non-hydrogen) atoms. The maximum Gasteiger partial charge on any atom is 0.419 e. The van der Waals surface area contributed by atoms with Gasteiger partial charge in [0.05, 0.1) is 10.6 Å². The molecular weight excluding hydrogens is 277 g/mol. The van der Waals surface area contributed by atoms with Gasteiger partial charge in [-0.25, -0.2) is 4.98 Å². The summed E-state index contributed by atoms with van der Waals surface area (Å²) in [6.07, 6.45) is -0.371. The van der Waals surface area contributed by atoms with Crippen LogP contribution in [0.15, 0.2) is 12.3 Å². The Hall–Kier alpha value is -0.970. The van der Waals surface area contributed by atoms with E-state index in [1.807, 2.05) is 4.90 Å². The first-order chi connectivity index (χ1) is 8.91. The molecule has 0 aliphatic carbocycles. The molecule has 0 amide bonds. The summed E-state index contributed by atoms with van der Waals surface area (Å²) >= 11 is 5.70. The summed E-state index contributed by atoms with van der Waals surface area (Å²) in [7, 11) is 0. The smallest absolute Gasteiger partial charge is 0.357 e. The molecule has 0 N–H and O–H groups in total. The third-order valence-corrected chi connectivity index (χ3v) is 3.97. The fourth-order valence-electron chi connectivity index (χ4n) is 2.37. The van der Waals surface area contributed by atoms with E-state index in [9.17, 15) is 13.2 Å². The van der Waals surface area contributed by atoms with Crippen LogP contribution in [0.4, 0.5) is 19.0 Å². The number of piperidine rings is 1. The Balaban J connectivity index is 2.13. The third kappa shape index (κ3) is 3.32. The Morgan fingerprint density at radius 3 is 2.47 bits per heavy atom. The highest BCUT2D eigenvalue weighted by atomic mass is 35.5. The van der Waals surface area contributed by atoms with Gasteiger partial charge in [0.2, 0.25) is 0 Å². The van der Waals surface area contributed by atoms with Crippen molar-refractivity contribution < 1.29 is 13.2 Å². The molecular formula is C13H16ClF3N2. The summed E-state index contributed by atoms with van der Waals surface area (Å²) in [5, 5.41) is -0.282. The van der Waals surface area contributed by atoms with E-state index >= 15 is 0 Å². The molecule has 1 aromatic heterocycles. The predicted octanol–water partition coefficient (Wildman–Crippen LogP) is 4.38. The number of alkyl halides is 3. The van der Waals surface area contributed by atoms with Crippen LogP contribution in [-0.4, -0.2) is 18.1 Å². The largest absolute Gasteiger partial charge is 0.419 e. The second-order valence-electron chi connectivity index (χ2n) is 4.86. The van der Waals surface area contributed by atoms with Crippen LogP contribution in [-0.2, 0) is 6.18 Å². The molecule has 1 aliphatic heterocycles. The Bertz CT molecular complexity index is 440. The molecule has 0 atom stereocenters. The summed E-state index contributed by atoms with van der Waals surface area (Å²) in [4.78, 5) is 5.90. The van der Waals surface area contributed by atoms with Crippen molar-refractivity contribution in [3.8, 4) is 0 Å². The number of pyridine rings is 1. The predicted molar refractivity (Wildman–Crippen MR) is 69.5 cm³/mol. The van der Waals surface area contributed by atoms with Gasteiger partial charge < -0.3 is 4.90 Å². The van der Waals surface area contributed by atoms with E-state index in [1.165, 1.54) is 6.07 Å². The fraction of sp³-hybridized carbons (Fsp3) is 0.615. The molecule has 1 saturated heterocycles. The molecule has 0 unspecified atom stereocenters. The summed E-state index contributed by atoms with van der Waals surface area (Å²) in [6.45, 7) is 3.81. The maximum absolute atomic E-state index is 12.6. The number of halogens is 4. The van der Waals surface area contributed by atoms with Crippen molar-refractivity contribution in [2.75, 3.05) is 18.0 Å². The summed E-state index contributed by atoms with van der Waals surface area (Å²) in [6, 6.07) is 1.32. The van der Waals surface area contributed by atoms with Gasteiger partial charge in [-0.15, -0.1) is 0 Å². The minimum Gasteiger partial charge on any atom is -0.357 e. The highest BCUT2D eigenvalue weighted by Crippen LogP contribution is 2.36. The van der Waals surface area contributed by atoms with E-state index in [0.29, 0.717) is 11.7 Å².